The second-order valence-electron chi connectivity index (χ2n) is 6.13. The van der Waals surface area contributed by atoms with Gasteiger partial charge in [-0.25, -0.2) is 0 Å². The van der Waals surface area contributed by atoms with Gasteiger partial charge in [-0.2, -0.15) is 5.10 Å². The van der Waals surface area contributed by atoms with Crippen molar-refractivity contribution in [2.75, 3.05) is 20.1 Å². The summed E-state index contributed by atoms with van der Waals surface area (Å²) in [7, 11) is 4.19. The van der Waals surface area contributed by atoms with Gasteiger partial charge < -0.3 is 5.32 Å². The van der Waals surface area contributed by atoms with Crippen LogP contribution in [-0.2, 0) is 13.6 Å². The van der Waals surface area contributed by atoms with E-state index in [4.69, 9.17) is 0 Å². The van der Waals surface area contributed by atoms with Gasteiger partial charge in [-0.1, -0.05) is 23.8 Å². The van der Waals surface area contributed by atoms with Crippen molar-refractivity contribution in [3.63, 3.8) is 0 Å². The van der Waals surface area contributed by atoms with E-state index in [1.165, 1.54) is 28.7 Å². The molecule has 3 rings (SSSR count). The lowest BCUT2D eigenvalue weighted by atomic mass is 9.99. The molecule has 1 aliphatic rings. The normalized spacial score (nSPS) is 17.7. The fourth-order valence-corrected chi connectivity index (χ4v) is 3.07. The summed E-state index contributed by atoms with van der Waals surface area (Å²) in [5.41, 5.74) is 5.18. The lowest BCUT2D eigenvalue weighted by Gasteiger charge is -2.24. The molecule has 1 N–H and O–H groups in total. The van der Waals surface area contributed by atoms with Crippen molar-refractivity contribution < 1.29 is 0 Å². The van der Waals surface area contributed by atoms with Crippen LogP contribution in [0.1, 0.15) is 17.5 Å². The highest BCUT2D eigenvalue weighted by atomic mass is 35.5. The number of nitrogens with zero attached hydrogens (tertiary/aromatic N) is 3. The summed E-state index contributed by atoms with van der Waals surface area (Å²) in [5.74, 6) is 0. The van der Waals surface area contributed by atoms with Crippen LogP contribution in [0.2, 0.25) is 0 Å². The molecular weight excluding hydrogens is 296 g/mol. The molecule has 0 radical (unpaired) electrons. The number of nitrogens with one attached hydrogen (secondary N) is 1. The van der Waals surface area contributed by atoms with Crippen LogP contribution in [0.4, 0.5) is 0 Å². The molecule has 0 spiro atoms. The van der Waals surface area contributed by atoms with Gasteiger partial charge in [0.05, 0.1) is 6.20 Å². The van der Waals surface area contributed by atoms with Gasteiger partial charge in [0, 0.05) is 37.9 Å². The minimum atomic E-state index is 0. The number of aromatic nitrogens is 2. The Hall–Kier alpha value is -1.36. The molecule has 1 aromatic carbocycles. The van der Waals surface area contributed by atoms with Crippen molar-refractivity contribution in [1.82, 2.24) is 20.0 Å². The highest BCUT2D eigenvalue weighted by molar-refractivity contribution is 5.85. The SMILES string of the molecule is Cc1ccc(CN(C)C2CCNC2)c(-c2cnn(C)c2)c1.Cl. The molecule has 0 aliphatic carbocycles. The van der Waals surface area contributed by atoms with Crippen LogP contribution in [0, 0.1) is 6.92 Å². The summed E-state index contributed by atoms with van der Waals surface area (Å²) >= 11 is 0. The zero-order valence-electron chi connectivity index (χ0n) is 13.5. The highest BCUT2D eigenvalue weighted by Crippen LogP contribution is 2.26. The van der Waals surface area contributed by atoms with Crippen LogP contribution >= 0.6 is 12.4 Å². The van der Waals surface area contributed by atoms with Gasteiger partial charge in [-0.3, -0.25) is 9.58 Å². The molecule has 1 saturated heterocycles. The zero-order chi connectivity index (χ0) is 14.8. The third-order valence-corrected chi connectivity index (χ3v) is 4.36. The molecule has 0 amide bonds. The molecule has 2 heterocycles. The molecule has 1 fully saturated rings. The first-order chi connectivity index (χ1) is 10.1. The van der Waals surface area contributed by atoms with Crippen LogP contribution in [0.5, 0.6) is 0 Å². The van der Waals surface area contributed by atoms with E-state index in [0.29, 0.717) is 6.04 Å². The maximum atomic E-state index is 4.31. The molecule has 5 heteroatoms. The summed E-state index contributed by atoms with van der Waals surface area (Å²) in [6.07, 6.45) is 5.29. The van der Waals surface area contributed by atoms with Crippen LogP contribution < -0.4 is 5.32 Å². The minimum absolute atomic E-state index is 0. The topological polar surface area (TPSA) is 33.1 Å². The van der Waals surface area contributed by atoms with E-state index in [1.54, 1.807) is 0 Å². The van der Waals surface area contributed by atoms with Crippen LogP contribution in [0.25, 0.3) is 11.1 Å². The summed E-state index contributed by atoms with van der Waals surface area (Å²) in [5, 5.41) is 7.76. The van der Waals surface area contributed by atoms with Crippen LogP contribution in [0.15, 0.2) is 30.6 Å². The first kappa shape index (κ1) is 17.0. The number of likely N-dealkylation sites (N-methyl/N-ethyl adjacent to an activating group) is 1. The Labute approximate surface area is 138 Å². The minimum Gasteiger partial charge on any atom is -0.315 e. The summed E-state index contributed by atoms with van der Waals surface area (Å²) in [6, 6.07) is 7.38. The van der Waals surface area contributed by atoms with Gasteiger partial charge in [-0.05, 0) is 38.1 Å². The van der Waals surface area contributed by atoms with Crippen molar-refractivity contribution in [2.45, 2.75) is 25.9 Å². The Bertz CT molecular complexity index is 617. The first-order valence-corrected chi connectivity index (χ1v) is 7.63. The van der Waals surface area contributed by atoms with Gasteiger partial charge in [0.25, 0.3) is 0 Å². The van der Waals surface area contributed by atoms with Crippen molar-refractivity contribution in [3.05, 3.63) is 41.7 Å². The number of benzene rings is 1. The predicted octanol–water partition coefficient (Wildman–Crippen LogP) is 2.61. The molecule has 1 unspecified atom stereocenters. The smallest absolute Gasteiger partial charge is 0.0568 e. The lowest BCUT2D eigenvalue weighted by Crippen LogP contribution is -2.33. The van der Waals surface area contributed by atoms with Crippen molar-refractivity contribution in [3.8, 4) is 11.1 Å². The van der Waals surface area contributed by atoms with E-state index >= 15 is 0 Å². The Kier molecular flexibility index (Phi) is 5.62. The fourth-order valence-electron chi connectivity index (χ4n) is 3.07. The molecule has 120 valence electrons. The van der Waals surface area contributed by atoms with Crippen LogP contribution in [-0.4, -0.2) is 40.9 Å². The van der Waals surface area contributed by atoms with Gasteiger partial charge in [0.1, 0.15) is 0 Å². The Morgan fingerprint density at radius 2 is 2.23 bits per heavy atom. The number of hydrogen-bond donors (Lipinski definition) is 1. The molecular formula is C17H25ClN4. The van der Waals surface area contributed by atoms with E-state index in [9.17, 15) is 0 Å². The van der Waals surface area contributed by atoms with Crippen molar-refractivity contribution >= 4 is 12.4 Å². The van der Waals surface area contributed by atoms with E-state index < -0.39 is 0 Å². The first-order valence-electron chi connectivity index (χ1n) is 7.63. The fraction of sp³-hybridized carbons (Fsp3) is 0.471. The molecule has 2 aromatic rings. The van der Waals surface area contributed by atoms with Gasteiger partial charge in [0.2, 0.25) is 0 Å². The maximum absolute atomic E-state index is 4.31. The Morgan fingerprint density at radius 3 is 2.86 bits per heavy atom. The lowest BCUT2D eigenvalue weighted by molar-refractivity contribution is 0.249. The average molecular weight is 321 g/mol. The average Bonchev–Trinajstić information content (AvgIpc) is 3.11. The highest BCUT2D eigenvalue weighted by Gasteiger charge is 2.20. The Morgan fingerprint density at radius 1 is 1.41 bits per heavy atom. The van der Waals surface area contributed by atoms with E-state index in [2.05, 4.69) is 53.7 Å². The van der Waals surface area contributed by atoms with Gasteiger partial charge in [-0.15, -0.1) is 12.4 Å². The molecule has 0 saturated carbocycles. The number of halogens is 1. The van der Waals surface area contributed by atoms with Gasteiger partial charge in [0.15, 0.2) is 0 Å². The number of hydrogen-bond acceptors (Lipinski definition) is 3. The monoisotopic (exact) mass is 320 g/mol. The number of aryl methyl sites for hydroxylation is 2. The zero-order valence-corrected chi connectivity index (χ0v) is 14.4. The van der Waals surface area contributed by atoms with Gasteiger partial charge >= 0.3 is 0 Å². The number of rotatable bonds is 4. The van der Waals surface area contributed by atoms with E-state index in [0.717, 1.165) is 19.6 Å². The maximum Gasteiger partial charge on any atom is 0.0568 e. The van der Waals surface area contributed by atoms with E-state index in [-0.39, 0.29) is 12.4 Å². The second kappa shape index (κ2) is 7.27. The summed E-state index contributed by atoms with van der Waals surface area (Å²) in [4.78, 5) is 2.46. The largest absolute Gasteiger partial charge is 0.315 e. The summed E-state index contributed by atoms with van der Waals surface area (Å²) in [6.45, 7) is 5.37. The molecule has 4 nitrogen and oxygen atoms in total. The molecule has 0 bridgehead atoms. The summed E-state index contributed by atoms with van der Waals surface area (Å²) < 4.78 is 1.87. The Balaban J connectivity index is 0.00000176. The molecule has 1 atom stereocenters. The standard InChI is InChI=1S/C17H24N4.ClH/c1-13-4-5-14(11-20(2)16-6-7-18-10-16)17(8-13)15-9-19-21(3)12-15;/h4-5,8-9,12,16,18H,6-7,10-11H2,1-3H3;1H. The molecule has 1 aromatic heterocycles. The quantitative estimate of drug-likeness (QED) is 0.940. The third kappa shape index (κ3) is 3.69. The van der Waals surface area contributed by atoms with Crippen molar-refractivity contribution in [1.29, 1.82) is 0 Å². The molecule has 1 aliphatic heterocycles. The predicted molar refractivity (Wildman–Crippen MR) is 93.4 cm³/mol. The van der Waals surface area contributed by atoms with Crippen LogP contribution in [0.3, 0.4) is 0 Å². The third-order valence-electron chi connectivity index (χ3n) is 4.36. The van der Waals surface area contributed by atoms with Crippen molar-refractivity contribution in [2.24, 2.45) is 7.05 Å². The second-order valence-corrected chi connectivity index (χ2v) is 6.13. The molecule has 22 heavy (non-hydrogen) atoms. The van der Waals surface area contributed by atoms with E-state index in [1.807, 2.05) is 17.9 Å².